The van der Waals surface area contributed by atoms with Crippen molar-refractivity contribution < 1.29 is 13.9 Å². The molecule has 4 heterocycles. The zero-order valence-electron chi connectivity index (χ0n) is 18.2. The Morgan fingerprint density at radius 1 is 1.03 bits per heavy atom. The zero-order chi connectivity index (χ0) is 22.7. The number of fused-ring (bicyclic) bond motifs is 2. The Bertz CT molecular complexity index is 1360. The van der Waals surface area contributed by atoms with E-state index in [1.54, 1.807) is 10.7 Å². The van der Waals surface area contributed by atoms with Crippen LogP contribution in [0.1, 0.15) is 19.3 Å². The number of pyridine rings is 2. The largest absolute Gasteiger partial charge is 0.507 e. The van der Waals surface area contributed by atoms with Gasteiger partial charge in [-0.1, -0.05) is 0 Å². The molecule has 33 heavy (non-hydrogen) atoms. The van der Waals surface area contributed by atoms with Crippen molar-refractivity contribution in [3.63, 3.8) is 0 Å². The fourth-order valence-corrected chi connectivity index (χ4v) is 4.93. The molecule has 1 aromatic carbocycles. The number of phenolic OH excluding ortho intramolecular Hbond substituents is 1. The van der Waals surface area contributed by atoms with Crippen LogP contribution in [-0.4, -0.2) is 56.0 Å². The summed E-state index contributed by atoms with van der Waals surface area (Å²) in [4.78, 5) is 11.7. The van der Waals surface area contributed by atoms with Gasteiger partial charge in [0.15, 0.2) is 0 Å². The molecule has 7 nitrogen and oxygen atoms in total. The molecule has 0 amide bonds. The maximum Gasteiger partial charge on any atom is 0.251 e. The molecule has 6 rings (SSSR count). The molecular weight excluding hydrogens is 426 g/mol. The molecule has 0 radical (unpaired) electrons. The Balaban J connectivity index is 1.21. The van der Waals surface area contributed by atoms with Crippen molar-refractivity contribution in [1.82, 2.24) is 25.1 Å². The number of hydrogen-bond acceptors (Lipinski definition) is 6. The summed E-state index contributed by atoms with van der Waals surface area (Å²) in [5.41, 5.74) is 3.57. The standard InChI is InChI=1S/C24H24F2N6O/c1-31-12-14-8-17(22(33)9-21(14)30-31)18-2-3-20-19(28-18)4-5-23(29-20)32-7-6-15(13-32)27-16-10-24(25,26)11-16/h2-5,8-9,12,15-16,27,33H,6-7,10-11,13H2,1H3/t15-/m1/s1. The number of rotatable bonds is 4. The topological polar surface area (TPSA) is 79.1 Å². The summed E-state index contributed by atoms with van der Waals surface area (Å²) in [6, 6.07) is 11.3. The summed E-state index contributed by atoms with van der Waals surface area (Å²) >= 11 is 0. The van der Waals surface area contributed by atoms with Crippen molar-refractivity contribution >= 4 is 27.8 Å². The summed E-state index contributed by atoms with van der Waals surface area (Å²) in [7, 11) is 1.85. The molecule has 2 fully saturated rings. The third-order valence-electron chi connectivity index (χ3n) is 6.61. The smallest absolute Gasteiger partial charge is 0.251 e. The van der Waals surface area contributed by atoms with Crippen LogP contribution in [0.25, 0.3) is 33.2 Å². The first-order valence-electron chi connectivity index (χ1n) is 11.2. The Labute approximate surface area is 189 Å². The highest BCUT2D eigenvalue weighted by molar-refractivity contribution is 5.88. The van der Waals surface area contributed by atoms with Gasteiger partial charge in [-0.15, -0.1) is 0 Å². The molecule has 170 valence electrons. The molecule has 0 unspecified atom stereocenters. The van der Waals surface area contributed by atoms with Gasteiger partial charge in [-0.2, -0.15) is 5.10 Å². The van der Waals surface area contributed by atoms with Crippen LogP contribution >= 0.6 is 0 Å². The van der Waals surface area contributed by atoms with E-state index in [1.165, 1.54) is 0 Å². The second-order valence-electron chi connectivity index (χ2n) is 9.19. The average molecular weight is 450 g/mol. The number of phenols is 1. The third kappa shape index (κ3) is 3.76. The first-order chi connectivity index (χ1) is 15.8. The molecule has 1 aliphatic heterocycles. The maximum absolute atomic E-state index is 13.1. The van der Waals surface area contributed by atoms with Gasteiger partial charge >= 0.3 is 0 Å². The van der Waals surface area contributed by atoms with Crippen LogP contribution in [0.5, 0.6) is 5.75 Å². The number of hydrogen-bond donors (Lipinski definition) is 2. The van der Waals surface area contributed by atoms with Crippen molar-refractivity contribution in [3.8, 4) is 17.0 Å². The summed E-state index contributed by atoms with van der Waals surface area (Å²) < 4.78 is 27.9. The lowest BCUT2D eigenvalue weighted by Gasteiger charge is -2.37. The number of benzene rings is 1. The van der Waals surface area contributed by atoms with Crippen LogP contribution in [0.3, 0.4) is 0 Å². The highest BCUT2D eigenvalue weighted by Crippen LogP contribution is 2.38. The number of aromatic hydroxyl groups is 1. The number of nitrogens with zero attached hydrogens (tertiary/aromatic N) is 5. The van der Waals surface area contributed by atoms with Gasteiger partial charge in [-0.05, 0) is 36.8 Å². The predicted octanol–water partition coefficient (Wildman–Crippen LogP) is 3.86. The number of aryl methyl sites for hydroxylation is 1. The van der Waals surface area contributed by atoms with Crippen molar-refractivity contribution in [2.45, 2.75) is 37.3 Å². The molecule has 2 aliphatic rings. The first-order valence-corrected chi connectivity index (χ1v) is 11.2. The van der Waals surface area contributed by atoms with Crippen LogP contribution in [0.4, 0.5) is 14.6 Å². The maximum atomic E-state index is 13.1. The van der Waals surface area contributed by atoms with Gasteiger partial charge in [0.05, 0.1) is 22.2 Å². The minimum atomic E-state index is -2.50. The van der Waals surface area contributed by atoms with E-state index >= 15 is 0 Å². The third-order valence-corrected chi connectivity index (χ3v) is 6.61. The van der Waals surface area contributed by atoms with E-state index in [4.69, 9.17) is 9.97 Å². The molecule has 9 heteroatoms. The molecule has 4 aromatic rings. The molecule has 0 spiro atoms. The Morgan fingerprint density at radius 2 is 1.82 bits per heavy atom. The fraction of sp³-hybridized carbons (Fsp3) is 0.375. The Hall–Kier alpha value is -3.33. The second-order valence-corrected chi connectivity index (χ2v) is 9.19. The van der Waals surface area contributed by atoms with Gasteiger partial charge in [0.2, 0.25) is 0 Å². The second kappa shape index (κ2) is 7.34. The predicted molar refractivity (Wildman–Crippen MR) is 123 cm³/mol. The summed E-state index contributed by atoms with van der Waals surface area (Å²) in [5.74, 6) is -1.50. The SMILES string of the molecule is Cn1cc2cc(-c3ccc4nc(N5CC[C@@H](NC6CC(F)(F)C6)C5)ccc4n3)c(O)cc2n1. The number of aromatic nitrogens is 4. The van der Waals surface area contributed by atoms with Gasteiger partial charge in [0.25, 0.3) is 5.92 Å². The van der Waals surface area contributed by atoms with Crippen LogP contribution < -0.4 is 10.2 Å². The molecular formula is C24H24F2N6O. The molecule has 1 saturated heterocycles. The molecule has 2 N–H and O–H groups in total. The van der Waals surface area contributed by atoms with Gasteiger partial charge in [0.1, 0.15) is 11.6 Å². The summed E-state index contributed by atoms with van der Waals surface area (Å²) in [5, 5.41) is 19.1. The van der Waals surface area contributed by atoms with E-state index in [1.807, 2.05) is 43.6 Å². The Kier molecular flexibility index (Phi) is 4.52. The van der Waals surface area contributed by atoms with E-state index < -0.39 is 5.92 Å². The summed E-state index contributed by atoms with van der Waals surface area (Å²) in [6.07, 6.45) is 2.70. The van der Waals surface area contributed by atoms with Crippen LogP contribution in [0, 0.1) is 0 Å². The monoisotopic (exact) mass is 450 g/mol. The van der Waals surface area contributed by atoms with Gasteiger partial charge in [0, 0.05) is 68.3 Å². The summed E-state index contributed by atoms with van der Waals surface area (Å²) in [6.45, 7) is 1.59. The van der Waals surface area contributed by atoms with E-state index in [-0.39, 0.29) is 30.7 Å². The number of anilines is 1. The van der Waals surface area contributed by atoms with Crippen molar-refractivity contribution in [2.75, 3.05) is 18.0 Å². The fourth-order valence-electron chi connectivity index (χ4n) is 4.93. The molecule has 3 aromatic heterocycles. The highest BCUT2D eigenvalue weighted by atomic mass is 19.3. The van der Waals surface area contributed by atoms with E-state index in [2.05, 4.69) is 15.3 Å². The molecule has 0 bridgehead atoms. The molecule has 1 atom stereocenters. The lowest BCUT2D eigenvalue weighted by atomic mass is 9.87. The minimum Gasteiger partial charge on any atom is -0.507 e. The van der Waals surface area contributed by atoms with Crippen LogP contribution in [-0.2, 0) is 7.05 Å². The van der Waals surface area contributed by atoms with Gasteiger partial charge in [-0.25, -0.2) is 18.7 Å². The highest BCUT2D eigenvalue weighted by Gasteiger charge is 2.46. The molecule has 1 saturated carbocycles. The van der Waals surface area contributed by atoms with Crippen LogP contribution in [0.15, 0.2) is 42.6 Å². The minimum absolute atomic E-state index is 0.0605. The Morgan fingerprint density at radius 3 is 2.64 bits per heavy atom. The van der Waals surface area contributed by atoms with E-state index in [9.17, 15) is 13.9 Å². The van der Waals surface area contributed by atoms with Crippen LogP contribution in [0.2, 0.25) is 0 Å². The van der Waals surface area contributed by atoms with E-state index in [0.717, 1.165) is 47.3 Å². The number of alkyl halides is 2. The average Bonchev–Trinajstić information content (AvgIpc) is 3.36. The quantitative estimate of drug-likeness (QED) is 0.492. The van der Waals surface area contributed by atoms with Gasteiger partial charge < -0.3 is 15.3 Å². The zero-order valence-corrected chi connectivity index (χ0v) is 18.2. The lowest BCUT2D eigenvalue weighted by Crippen LogP contribution is -2.52. The van der Waals surface area contributed by atoms with Crippen molar-refractivity contribution in [3.05, 3.63) is 42.6 Å². The van der Waals surface area contributed by atoms with E-state index in [0.29, 0.717) is 11.3 Å². The first kappa shape index (κ1) is 20.3. The number of nitrogens with one attached hydrogen (secondary N) is 1. The van der Waals surface area contributed by atoms with Crippen molar-refractivity contribution in [1.29, 1.82) is 0 Å². The van der Waals surface area contributed by atoms with Gasteiger partial charge in [-0.3, -0.25) is 4.68 Å². The normalized spacial score (nSPS) is 20.6. The lowest BCUT2D eigenvalue weighted by molar-refractivity contribution is -0.0943. The number of halogens is 2. The van der Waals surface area contributed by atoms with Crippen molar-refractivity contribution in [2.24, 2.45) is 7.05 Å². The molecule has 1 aliphatic carbocycles.